The number of hydrogen-bond donors (Lipinski definition) is 1. The number of anilines is 1. The van der Waals surface area contributed by atoms with Gasteiger partial charge in [0.2, 0.25) is 5.91 Å². The minimum atomic E-state index is -0.236. The summed E-state index contributed by atoms with van der Waals surface area (Å²) in [6, 6.07) is 13.6. The van der Waals surface area contributed by atoms with E-state index in [1.54, 1.807) is 36.0 Å². The van der Waals surface area contributed by atoms with Crippen molar-refractivity contribution in [2.24, 2.45) is 0 Å². The van der Waals surface area contributed by atoms with Crippen LogP contribution in [0.15, 0.2) is 48.5 Å². The van der Waals surface area contributed by atoms with E-state index in [4.69, 9.17) is 11.6 Å². The first-order valence-electron chi connectivity index (χ1n) is 6.97. The Morgan fingerprint density at radius 1 is 1.23 bits per heavy atom. The van der Waals surface area contributed by atoms with Gasteiger partial charge in [0.1, 0.15) is 5.82 Å². The minimum absolute atomic E-state index is 0.0630. The van der Waals surface area contributed by atoms with Crippen molar-refractivity contribution in [1.29, 1.82) is 0 Å². The average molecular weight is 338 g/mol. The highest BCUT2D eigenvalue weighted by atomic mass is 35.5. The summed E-state index contributed by atoms with van der Waals surface area (Å²) in [6.45, 7) is 2.05. The molecule has 1 atom stereocenters. The molecule has 1 N–H and O–H groups in total. The first-order valence-corrected chi connectivity index (χ1v) is 8.40. The van der Waals surface area contributed by atoms with Gasteiger partial charge in [0.15, 0.2) is 0 Å². The highest BCUT2D eigenvalue weighted by Gasteiger charge is 2.09. The molecule has 5 heteroatoms. The standard InChI is InChI=1S/C17H17ClFNOS/c1-12(13-6-8-14(19)9-7-13)22-11-10-17(21)20-16-5-3-2-4-15(16)18/h2-9,12H,10-11H2,1H3,(H,20,21). The van der Waals surface area contributed by atoms with Gasteiger partial charge < -0.3 is 5.32 Å². The first-order chi connectivity index (χ1) is 10.6. The van der Waals surface area contributed by atoms with E-state index in [0.29, 0.717) is 22.9 Å². The number of carbonyl (C=O) groups excluding carboxylic acids is 1. The molecule has 0 bridgehead atoms. The molecule has 0 aliphatic rings. The number of para-hydroxylation sites is 1. The summed E-state index contributed by atoms with van der Waals surface area (Å²) in [7, 11) is 0. The number of rotatable bonds is 6. The largest absolute Gasteiger partial charge is 0.325 e. The lowest BCUT2D eigenvalue weighted by Crippen LogP contribution is -2.12. The van der Waals surface area contributed by atoms with Gasteiger partial charge in [-0.05, 0) is 36.8 Å². The van der Waals surface area contributed by atoms with E-state index in [-0.39, 0.29) is 17.0 Å². The summed E-state index contributed by atoms with van der Waals surface area (Å²) in [5.74, 6) is 0.390. The Bertz CT molecular complexity index is 633. The molecule has 2 rings (SSSR count). The maximum Gasteiger partial charge on any atom is 0.225 e. The number of benzene rings is 2. The molecule has 0 aliphatic heterocycles. The zero-order chi connectivity index (χ0) is 15.9. The summed E-state index contributed by atoms with van der Waals surface area (Å²) in [5.41, 5.74) is 1.68. The van der Waals surface area contributed by atoms with E-state index in [0.717, 1.165) is 5.56 Å². The summed E-state index contributed by atoms with van der Waals surface area (Å²) >= 11 is 7.66. The monoisotopic (exact) mass is 337 g/mol. The molecule has 116 valence electrons. The smallest absolute Gasteiger partial charge is 0.225 e. The highest BCUT2D eigenvalue weighted by Crippen LogP contribution is 2.29. The van der Waals surface area contributed by atoms with Crippen molar-refractivity contribution in [2.45, 2.75) is 18.6 Å². The van der Waals surface area contributed by atoms with Gasteiger partial charge in [-0.15, -0.1) is 0 Å². The number of hydrogen-bond acceptors (Lipinski definition) is 2. The number of amides is 1. The van der Waals surface area contributed by atoms with Gasteiger partial charge in [-0.1, -0.05) is 35.9 Å². The first kappa shape index (κ1) is 16.8. The number of halogens is 2. The summed E-state index contributed by atoms with van der Waals surface area (Å²) < 4.78 is 12.9. The number of carbonyl (C=O) groups is 1. The van der Waals surface area contributed by atoms with Gasteiger partial charge in [0.05, 0.1) is 10.7 Å². The molecule has 1 unspecified atom stereocenters. The zero-order valence-electron chi connectivity index (χ0n) is 12.2. The van der Waals surface area contributed by atoms with Crippen molar-refractivity contribution in [3.8, 4) is 0 Å². The molecule has 0 aliphatic carbocycles. The van der Waals surface area contributed by atoms with Crippen LogP contribution in [0, 0.1) is 5.82 Å². The second kappa shape index (κ2) is 8.20. The van der Waals surface area contributed by atoms with Crippen molar-refractivity contribution in [1.82, 2.24) is 0 Å². The zero-order valence-corrected chi connectivity index (χ0v) is 13.8. The van der Waals surface area contributed by atoms with Crippen LogP contribution in [0.25, 0.3) is 0 Å². The van der Waals surface area contributed by atoms with Gasteiger partial charge in [0, 0.05) is 17.4 Å². The van der Waals surface area contributed by atoms with Crippen LogP contribution in [0.5, 0.6) is 0 Å². The van der Waals surface area contributed by atoms with Gasteiger partial charge >= 0.3 is 0 Å². The molecule has 0 saturated heterocycles. The fourth-order valence-corrected chi connectivity index (χ4v) is 3.12. The fraction of sp³-hybridized carbons (Fsp3) is 0.235. The van der Waals surface area contributed by atoms with E-state index >= 15 is 0 Å². The molecule has 2 aromatic carbocycles. The fourth-order valence-electron chi connectivity index (χ4n) is 1.93. The lowest BCUT2D eigenvalue weighted by Gasteiger charge is -2.12. The second-order valence-electron chi connectivity index (χ2n) is 4.84. The Kier molecular flexibility index (Phi) is 6.28. The van der Waals surface area contributed by atoms with Gasteiger partial charge in [-0.3, -0.25) is 4.79 Å². The van der Waals surface area contributed by atoms with Crippen LogP contribution in [0.4, 0.5) is 10.1 Å². The van der Waals surface area contributed by atoms with E-state index in [1.165, 1.54) is 12.1 Å². The maximum absolute atomic E-state index is 12.9. The van der Waals surface area contributed by atoms with E-state index < -0.39 is 0 Å². The molecular formula is C17H17ClFNOS. The summed E-state index contributed by atoms with van der Waals surface area (Å²) in [4.78, 5) is 11.9. The third-order valence-corrected chi connectivity index (χ3v) is 4.73. The second-order valence-corrected chi connectivity index (χ2v) is 6.70. The summed E-state index contributed by atoms with van der Waals surface area (Å²) in [6.07, 6.45) is 0.404. The van der Waals surface area contributed by atoms with Crippen LogP contribution in [-0.2, 0) is 4.79 Å². The van der Waals surface area contributed by atoms with E-state index in [2.05, 4.69) is 5.32 Å². The predicted molar refractivity (Wildman–Crippen MR) is 92.0 cm³/mol. The third kappa shape index (κ3) is 5.04. The summed E-state index contributed by atoms with van der Waals surface area (Å²) in [5, 5.41) is 3.54. The molecule has 1 amide bonds. The molecule has 0 saturated carbocycles. The molecule has 0 radical (unpaired) electrons. The van der Waals surface area contributed by atoms with Crippen molar-refractivity contribution in [3.63, 3.8) is 0 Å². The Morgan fingerprint density at radius 2 is 1.91 bits per heavy atom. The number of nitrogens with one attached hydrogen (secondary N) is 1. The van der Waals surface area contributed by atoms with Gasteiger partial charge in [0.25, 0.3) is 0 Å². The van der Waals surface area contributed by atoms with Crippen LogP contribution in [0.2, 0.25) is 5.02 Å². The molecule has 0 spiro atoms. The average Bonchev–Trinajstić information content (AvgIpc) is 2.50. The van der Waals surface area contributed by atoms with E-state index in [1.807, 2.05) is 19.1 Å². The maximum atomic E-state index is 12.9. The molecule has 0 fully saturated rings. The van der Waals surface area contributed by atoms with Crippen molar-refractivity contribution >= 4 is 35.0 Å². The Morgan fingerprint density at radius 3 is 2.59 bits per heavy atom. The quantitative estimate of drug-likeness (QED) is 0.774. The molecule has 2 aromatic rings. The van der Waals surface area contributed by atoms with Crippen molar-refractivity contribution < 1.29 is 9.18 Å². The van der Waals surface area contributed by atoms with Crippen LogP contribution >= 0.6 is 23.4 Å². The lowest BCUT2D eigenvalue weighted by atomic mass is 10.2. The lowest BCUT2D eigenvalue weighted by molar-refractivity contribution is -0.115. The van der Waals surface area contributed by atoms with Gasteiger partial charge in [-0.25, -0.2) is 4.39 Å². The topological polar surface area (TPSA) is 29.1 Å². The Hall–Kier alpha value is -1.52. The predicted octanol–water partition coefficient (Wildman–Crippen LogP) is 5.30. The van der Waals surface area contributed by atoms with Crippen LogP contribution in [0.3, 0.4) is 0 Å². The van der Waals surface area contributed by atoms with Crippen LogP contribution in [0.1, 0.15) is 24.2 Å². The highest BCUT2D eigenvalue weighted by molar-refractivity contribution is 7.99. The number of thioether (sulfide) groups is 1. The van der Waals surface area contributed by atoms with Crippen LogP contribution in [-0.4, -0.2) is 11.7 Å². The van der Waals surface area contributed by atoms with E-state index in [9.17, 15) is 9.18 Å². The third-order valence-electron chi connectivity index (χ3n) is 3.18. The Balaban J connectivity index is 1.77. The normalized spacial score (nSPS) is 12.0. The molecule has 0 aromatic heterocycles. The van der Waals surface area contributed by atoms with Crippen molar-refractivity contribution in [3.05, 3.63) is 64.9 Å². The SMILES string of the molecule is CC(SCCC(=O)Nc1ccccc1Cl)c1ccc(F)cc1. The minimum Gasteiger partial charge on any atom is -0.325 e. The van der Waals surface area contributed by atoms with Crippen molar-refractivity contribution in [2.75, 3.05) is 11.1 Å². The van der Waals surface area contributed by atoms with Crippen LogP contribution < -0.4 is 5.32 Å². The Labute approximate surface area is 139 Å². The molecule has 2 nitrogen and oxygen atoms in total. The van der Waals surface area contributed by atoms with Gasteiger partial charge in [-0.2, -0.15) is 11.8 Å². The molecular weight excluding hydrogens is 321 g/mol. The molecule has 0 heterocycles. The molecule has 22 heavy (non-hydrogen) atoms.